The third kappa shape index (κ3) is 2.79. The van der Waals surface area contributed by atoms with Crippen molar-refractivity contribution in [1.29, 1.82) is 0 Å². The van der Waals surface area contributed by atoms with Crippen LogP contribution in [0.25, 0.3) is 0 Å². The molecule has 0 aromatic carbocycles. The minimum Gasteiger partial charge on any atom is -0.441 e. The summed E-state index contributed by atoms with van der Waals surface area (Å²) >= 11 is 3.19. The van der Waals surface area contributed by atoms with Crippen LogP contribution in [-0.2, 0) is 0 Å². The minimum atomic E-state index is 0.679. The Hall–Kier alpha value is -0.720. The van der Waals surface area contributed by atoms with Crippen molar-refractivity contribution in [3.8, 4) is 11.8 Å². The minimum absolute atomic E-state index is 0.679. The van der Waals surface area contributed by atoms with Crippen molar-refractivity contribution in [2.75, 3.05) is 13.6 Å². The average molecular weight is 214 g/mol. The molecular weight excluding hydrogens is 206 g/mol. The van der Waals surface area contributed by atoms with Crippen LogP contribution >= 0.6 is 15.9 Å². The summed E-state index contributed by atoms with van der Waals surface area (Å²) in [4.78, 5) is 0. The molecule has 0 radical (unpaired) electrons. The summed E-state index contributed by atoms with van der Waals surface area (Å²) in [6.45, 7) is 0.679. The molecule has 58 valence electrons. The van der Waals surface area contributed by atoms with E-state index in [0.717, 1.165) is 0 Å². The molecular formula is C8H8BrNO. The van der Waals surface area contributed by atoms with Gasteiger partial charge in [-0.1, -0.05) is 5.92 Å². The quantitative estimate of drug-likeness (QED) is 0.718. The molecule has 0 unspecified atom stereocenters. The molecule has 1 heterocycles. The van der Waals surface area contributed by atoms with E-state index in [1.54, 1.807) is 0 Å². The lowest BCUT2D eigenvalue weighted by molar-refractivity contribution is 0.529. The predicted octanol–water partition coefficient (Wildman–Crippen LogP) is 1.61. The molecule has 0 saturated carbocycles. The van der Waals surface area contributed by atoms with Gasteiger partial charge in [0.05, 0.1) is 6.54 Å². The third-order valence-electron chi connectivity index (χ3n) is 1.05. The Labute approximate surface area is 74.1 Å². The normalized spacial score (nSPS) is 8.91. The Bertz CT molecular complexity index is 282. The van der Waals surface area contributed by atoms with Gasteiger partial charge in [-0.25, -0.2) is 0 Å². The van der Waals surface area contributed by atoms with Gasteiger partial charge in [-0.05, 0) is 41.0 Å². The number of furan rings is 1. The summed E-state index contributed by atoms with van der Waals surface area (Å²) in [5.74, 6) is 6.43. The van der Waals surface area contributed by atoms with E-state index < -0.39 is 0 Å². The number of rotatable bonds is 1. The van der Waals surface area contributed by atoms with Crippen molar-refractivity contribution in [2.45, 2.75) is 0 Å². The van der Waals surface area contributed by atoms with E-state index in [-0.39, 0.29) is 0 Å². The molecule has 0 spiro atoms. The van der Waals surface area contributed by atoms with Gasteiger partial charge in [0.1, 0.15) is 0 Å². The Morgan fingerprint density at radius 1 is 1.64 bits per heavy atom. The molecule has 0 fully saturated rings. The largest absolute Gasteiger partial charge is 0.441 e. The van der Waals surface area contributed by atoms with Gasteiger partial charge < -0.3 is 9.73 Å². The zero-order valence-corrected chi connectivity index (χ0v) is 7.73. The van der Waals surface area contributed by atoms with Gasteiger partial charge in [0, 0.05) is 0 Å². The molecule has 3 heteroatoms. The van der Waals surface area contributed by atoms with E-state index in [1.165, 1.54) is 0 Å². The zero-order chi connectivity index (χ0) is 8.10. The van der Waals surface area contributed by atoms with E-state index in [0.29, 0.717) is 17.0 Å². The van der Waals surface area contributed by atoms with Crippen molar-refractivity contribution in [2.24, 2.45) is 0 Å². The van der Waals surface area contributed by atoms with Crippen LogP contribution < -0.4 is 5.32 Å². The SMILES string of the molecule is CNCC#Cc1ccc(Br)o1. The van der Waals surface area contributed by atoms with Gasteiger partial charge in [-0.2, -0.15) is 0 Å². The summed E-state index contributed by atoms with van der Waals surface area (Å²) in [5.41, 5.74) is 0. The second-order valence-corrected chi connectivity index (χ2v) is 2.72. The molecule has 0 aliphatic heterocycles. The van der Waals surface area contributed by atoms with Gasteiger partial charge in [0.2, 0.25) is 0 Å². The van der Waals surface area contributed by atoms with E-state index in [9.17, 15) is 0 Å². The molecule has 11 heavy (non-hydrogen) atoms. The lowest BCUT2D eigenvalue weighted by Gasteiger charge is -1.81. The van der Waals surface area contributed by atoms with Crippen molar-refractivity contribution >= 4 is 15.9 Å². The summed E-state index contributed by atoms with van der Waals surface area (Å²) in [7, 11) is 1.85. The number of hydrogen-bond acceptors (Lipinski definition) is 2. The Balaban J connectivity index is 2.59. The highest BCUT2D eigenvalue weighted by molar-refractivity contribution is 9.10. The van der Waals surface area contributed by atoms with Gasteiger partial charge >= 0.3 is 0 Å². The molecule has 2 nitrogen and oxygen atoms in total. The van der Waals surface area contributed by atoms with Crippen LogP contribution in [0, 0.1) is 11.8 Å². The summed E-state index contributed by atoms with van der Waals surface area (Å²) in [6.07, 6.45) is 0. The second kappa shape index (κ2) is 4.22. The molecule has 0 atom stereocenters. The van der Waals surface area contributed by atoms with Crippen molar-refractivity contribution in [3.05, 3.63) is 22.6 Å². The summed E-state index contributed by atoms with van der Waals surface area (Å²) in [6, 6.07) is 3.65. The molecule has 1 aromatic heterocycles. The van der Waals surface area contributed by atoms with Crippen LogP contribution in [0.3, 0.4) is 0 Å². The fourth-order valence-corrected chi connectivity index (χ4v) is 0.908. The van der Waals surface area contributed by atoms with Gasteiger partial charge in [-0.15, -0.1) is 0 Å². The van der Waals surface area contributed by atoms with Crippen molar-refractivity contribution in [3.63, 3.8) is 0 Å². The maximum atomic E-state index is 5.15. The van der Waals surface area contributed by atoms with Crippen LogP contribution in [0.15, 0.2) is 21.2 Å². The lowest BCUT2D eigenvalue weighted by atomic mass is 10.4. The molecule has 0 saturated heterocycles. The fraction of sp³-hybridized carbons (Fsp3) is 0.250. The highest BCUT2D eigenvalue weighted by Crippen LogP contribution is 2.12. The number of hydrogen-bond donors (Lipinski definition) is 1. The van der Waals surface area contributed by atoms with Gasteiger partial charge in [0.15, 0.2) is 10.4 Å². The first-order chi connectivity index (χ1) is 5.33. The Morgan fingerprint density at radius 3 is 3.00 bits per heavy atom. The monoisotopic (exact) mass is 213 g/mol. The van der Waals surface area contributed by atoms with Gasteiger partial charge in [0.25, 0.3) is 0 Å². The maximum Gasteiger partial charge on any atom is 0.178 e. The molecule has 0 bridgehead atoms. The fourth-order valence-electron chi connectivity index (χ4n) is 0.601. The molecule has 1 aromatic rings. The first-order valence-corrected chi connectivity index (χ1v) is 4.01. The summed E-state index contributed by atoms with van der Waals surface area (Å²) in [5, 5.41) is 2.92. The molecule has 0 amide bonds. The standard InChI is InChI=1S/C8H8BrNO/c1-10-6-2-3-7-4-5-8(9)11-7/h4-5,10H,6H2,1H3. The molecule has 1 rings (SSSR count). The van der Waals surface area contributed by atoms with Crippen molar-refractivity contribution < 1.29 is 4.42 Å². The van der Waals surface area contributed by atoms with Crippen LogP contribution in [-0.4, -0.2) is 13.6 Å². The lowest BCUT2D eigenvalue weighted by Crippen LogP contribution is -2.04. The summed E-state index contributed by atoms with van der Waals surface area (Å²) < 4.78 is 5.86. The number of nitrogens with one attached hydrogen (secondary N) is 1. The van der Waals surface area contributed by atoms with E-state index in [1.807, 2.05) is 19.2 Å². The topological polar surface area (TPSA) is 25.2 Å². The highest BCUT2D eigenvalue weighted by Gasteiger charge is 1.92. The molecule has 0 aliphatic rings. The maximum absolute atomic E-state index is 5.15. The average Bonchev–Trinajstić information content (AvgIpc) is 2.37. The van der Waals surface area contributed by atoms with Crippen LogP contribution in [0.2, 0.25) is 0 Å². The van der Waals surface area contributed by atoms with Crippen LogP contribution in [0.5, 0.6) is 0 Å². The van der Waals surface area contributed by atoms with E-state index in [4.69, 9.17) is 4.42 Å². The Morgan fingerprint density at radius 2 is 2.45 bits per heavy atom. The van der Waals surface area contributed by atoms with Crippen LogP contribution in [0.1, 0.15) is 5.76 Å². The van der Waals surface area contributed by atoms with Crippen molar-refractivity contribution in [1.82, 2.24) is 5.32 Å². The zero-order valence-electron chi connectivity index (χ0n) is 6.15. The Kier molecular flexibility index (Phi) is 3.21. The molecule has 0 aliphatic carbocycles. The first-order valence-electron chi connectivity index (χ1n) is 3.22. The smallest absolute Gasteiger partial charge is 0.178 e. The third-order valence-corrected chi connectivity index (χ3v) is 1.48. The van der Waals surface area contributed by atoms with E-state index in [2.05, 4.69) is 33.1 Å². The first kappa shape index (κ1) is 8.38. The van der Waals surface area contributed by atoms with Crippen LogP contribution in [0.4, 0.5) is 0 Å². The molecule has 1 N–H and O–H groups in total. The van der Waals surface area contributed by atoms with Gasteiger partial charge in [-0.3, -0.25) is 0 Å². The van der Waals surface area contributed by atoms with E-state index >= 15 is 0 Å². The number of halogens is 1. The second-order valence-electron chi connectivity index (χ2n) is 1.94. The predicted molar refractivity (Wildman–Crippen MR) is 47.2 cm³/mol. The highest BCUT2D eigenvalue weighted by atomic mass is 79.9.